The fourth-order valence-electron chi connectivity index (χ4n) is 1.30. The van der Waals surface area contributed by atoms with Crippen LogP contribution in [0.3, 0.4) is 0 Å². The van der Waals surface area contributed by atoms with E-state index >= 15 is 0 Å². The molecule has 1 aliphatic rings. The van der Waals surface area contributed by atoms with Crippen molar-refractivity contribution in [3.05, 3.63) is 0 Å². The van der Waals surface area contributed by atoms with Crippen LogP contribution < -0.4 is 11.1 Å². The second-order valence-corrected chi connectivity index (χ2v) is 5.28. The summed E-state index contributed by atoms with van der Waals surface area (Å²) in [6.45, 7) is 0.150. The summed E-state index contributed by atoms with van der Waals surface area (Å²) in [6, 6.07) is -0.669. The molecule has 0 aliphatic carbocycles. The van der Waals surface area contributed by atoms with E-state index in [1.165, 1.54) is 0 Å². The van der Waals surface area contributed by atoms with Crippen molar-refractivity contribution in [2.45, 2.75) is 18.1 Å². The Morgan fingerprint density at radius 1 is 1.58 bits per heavy atom. The van der Waals surface area contributed by atoms with E-state index in [4.69, 9.17) is 5.73 Å². The molecule has 0 spiro atoms. The number of primary amides is 1. The number of nitrogens with one attached hydrogen (secondary N) is 1. The second kappa shape index (κ2) is 3.30. The number of amides is 2. The lowest BCUT2D eigenvalue weighted by molar-refractivity contribution is 0.249. The Hall–Kier alpha value is -0.780. The summed E-state index contributed by atoms with van der Waals surface area (Å²) < 4.78 is 22.4. The van der Waals surface area contributed by atoms with Gasteiger partial charge >= 0.3 is 6.03 Å². The standard InChI is InChI=1S/C6H12N2O3S/c7-6(9)8-4-5-2-1-3-12(5,10)11/h5H,1-4H2,(H3,7,8,9). The molecule has 1 fully saturated rings. The molecule has 1 unspecified atom stereocenters. The quantitative estimate of drug-likeness (QED) is 0.602. The molecule has 1 heterocycles. The van der Waals surface area contributed by atoms with E-state index in [9.17, 15) is 13.2 Å². The van der Waals surface area contributed by atoms with E-state index in [0.29, 0.717) is 12.8 Å². The summed E-state index contributed by atoms with van der Waals surface area (Å²) in [4.78, 5) is 10.3. The van der Waals surface area contributed by atoms with Gasteiger partial charge in [-0.25, -0.2) is 13.2 Å². The Bertz CT molecular complexity index is 273. The van der Waals surface area contributed by atoms with Crippen LogP contribution in [0.5, 0.6) is 0 Å². The molecule has 1 atom stereocenters. The van der Waals surface area contributed by atoms with Crippen molar-refractivity contribution in [3.63, 3.8) is 0 Å². The zero-order valence-electron chi connectivity index (χ0n) is 6.62. The highest BCUT2D eigenvalue weighted by molar-refractivity contribution is 7.92. The van der Waals surface area contributed by atoms with Gasteiger partial charge in [-0.05, 0) is 12.8 Å². The summed E-state index contributed by atoms with van der Waals surface area (Å²) in [5.41, 5.74) is 4.81. The monoisotopic (exact) mass is 192 g/mol. The Morgan fingerprint density at radius 3 is 2.67 bits per heavy atom. The molecule has 3 N–H and O–H groups in total. The van der Waals surface area contributed by atoms with Gasteiger partial charge in [0.2, 0.25) is 0 Å². The first-order chi connectivity index (χ1) is 5.52. The molecule has 2 amide bonds. The number of rotatable bonds is 2. The number of carbonyl (C=O) groups is 1. The normalized spacial score (nSPS) is 26.8. The molecule has 70 valence electrons. The number of hydrogen-bond donors (Lipinski definition) is 2. The molecule has 1 aliphatic heterocycles. The molecule has 0 aromatic carbocycles. The average Bonchev–Trinajstić information content (AvgIpc) is 2.25. The zero-order valence-corrected chi connectivity index (χ0v) is 7.43. The van der Waals surface area contributed by atoms with Gasteiger partial charge in [0.1, 0.15) is 0 Å². The van der Waals surface area contributed by atoms with Crippen LogP contribution in [-0.4, -0.2) is 32.0 Å². The van der Waals surface area contributed by atoms with Gasteiger partial charge in [0.25, 0.3) is 0 Å². The molecular formula is C6H12N2O3S. The third-order valence-electron chi connectivity index (χ3n) is 1.97. The summed E-state index contributed by atoms with van der Waals surface area (Å²) >= 11 is 0. The van der Waals surface area contributed by atoms with Crippen molar-refractivity contribution < 1.29 is 13.2 Å². The van der Waals surface area contributed by atoms with Gasteiger partial charge in [-0.3, -0.25) is 0 Å². The maximum Gasteiger partial charge on any atom is 0.312 e. The van der Waals surface area contributed by atoms with Gasteiger partial charge in [0.05, 0.1) is 11.0 Å². The third kappa shape index (κ3) is 2.10. The number of hydrogen-bond acceptors (Lipinski definition) is 3. The van der Waals surface area contributed by atoms with E-state index in [2.05, 4.69) is 5.32 Å². The molecule has 6 heteroatoms. The maximum atomic E-state index is 11.2. The van der Waals surface area contributed by atoms with E-state index in [1.807, 2.05) is 0 Å². The number of urea groups is 1. The summed E-state index contributed by atoms with van der Waals surface area (Å²) in [5, 5.41) is 1.88. The zero-order chi connectivity index (χ0) is 9.19. The average molecular weight is 192 g/mol. The Morgan fingerprint density at radius 2 is 2.25 bits per heavy atom. The van der Waals surface area contributed by atoms with Crippen LogP contribution in [0.4, 0.5) is 4.79 Å². The molecule has 5 nitrogen and oxygen atoms in total. The first kappa shape index (κ1) is 9.31. The van der Waals surface area contributed by atoms with Crippen LogP contribution in [0.25, 0.3) is 0 Å². The summed E-state index contributed by atoms with van der Waals surface area (Å²) in [7, 11) is -2.95. The highest BCUT2D eigenvalue weighted by Gasteiger charge is 2.30. The maximum absolute atomic E-state index is 11.2. The largest absolute Gasteiger partial charge is 0.352 e. The van der Waals surface area contributed by atoms with Crippen LogP contribution in [0.15, 0.2) is 0 Å². The van der Waals surface area contributed by atoms with Crippen LogP contribution in [0.2, 0.25) is 0 Å². The van der Waals surface area contributed by atoms with Gasteiger partial charge < -0.3 is 11.1 Å². The molecule has 1 saturated heterocycles. The minimum Gasteiger partial charge on any atom is -0.352 e. The molecule has 0 aromatic rings. The number of nitrogens with two attached hydrogens (primary N) is 1. The van der Waals surface area contributed by atoms with Gasteiger partial charge in [-0.2, -0.15) is 0 Å². The lowest BCUT2D eigenvalue weighted by atomic mass is 10.2. The molecule has 12 heavy (non-hydrogen) atoms. The molecule has 0 aromatic heterocycles. The van der Waals surface area contributed by atoms with E-state index in [0.717, 1.165) is 0 Å². The van der Waals surface area contributed by atoms with Crippen molar-refractivity contribution in [2.75, 3.05) is 12.3 Å². The Labute approximate surface area is 71.2 Å². The van der Waals surface area contributed by atoms with Gasteiger partial charge in [-0.1, -0.05) is 0 Å². The molecule has 1 rings (SSSR count). The predicted molar refractivity (Wildman–Crippen MR) is 44.4 cm³/mol. The fourth-order valence-corrected chi connectivity index (χ4v) is 3.07. The lowest BCUT2D eigenvalue weighted by Gasteiger charge is -2.08. The van der Waals surface area contributed by atoms with Gasteiger partial charge in [0, 0.05) is 6.54 Å². The lowest BCUT2D eigenvalue weighted by Crippen LogP contribution is -2.37. The highest BCUT2D eigenvalue weighted by Crippen LogP contribution is 2.18. The summed E-state index contributed by atoms with van der Waals surface area (Å²) in [6.07, 6.45) is 1.32. The predicted octanol–water partition coefficient (Wildman–Crippen LogP) is -0.768. The highest BCUT2D eigenvalue weighted by atomic mass is 32.2. The number of sulfone groups is 1. The molecule has 0 saturated carbocycles. The van der Waals surface area contributed by atoms with Crippen molar-refractivity contribution in [1.29, 1.82) is 0 Å². The van der Waals surface area contributed by atoms with Crippen LogP contribution in [0.1, 0.15) is 12.8 Å². The van der Waals surface area contributed by atoms with Crippen LogP contribution in [-0.2, 0) is 9.84 Å². The van der Waals surface area contributed by atoms with Crippen molar-refractivity contribution in [2.24, 2.45) is 5.73 Å². The van der Waals surface area contributed by atoms with Gasteiger partial charge in [0.15, 0.2) is 9.84 Å². The Balaban J connectivity index is 2.48. The second-order valence-electron chi connectivity index (χ2n) is 2.88. The minimum absolute atomic E-state index is 0.150. The van der Waals surface area contributed by atoms with Crippen LogP contribution >= 0.6 is 0 Å². The smallest absolute Gasteiger partial charge is 0.312 e. The first-order valence-corrected chi connectivity index (χ1v) is 5.49. The summed E-state index contributed by atoms with van der Waals surface area (Å²) in [5.74, 6) is 0.234. The molecular weight excluding hydrogens is 180 g/mol. The van der Waals surface area contributed by atoms with Crippen molar-refractivity contribution >= 4 is 15.9 Å². The SMILES string of the molecule is NC(=O)NCC1CCCS1(=O)=O. The van der Waals surface area contributed by atoms with E-state index in [1.54, 1.807) is 0 Å². The van der Waals surface area contributed by atoms with E-state index in [-0.39, 0.29) is 12.3 Å². The number of carbonyl (C=O) groups excluding carboxylic acids is 1. The minimum atomic E-state index is -2.95. The van der Waals surface area contributed by atoms with Crippen molar-refractivity contribution in [1.82, 2.24) is 5.32 Å². The van der Waals surface area contributed by atoms with E-state index < -0.39 is 21.1 Å². The Kier molecular flexibility index (Phi) is 2.56. The molecule has 0 bridgehead atoms. The third-order valence-corrected chi connectivity index (χ3v) is 4.24. The van der Waals surface area contributed by atoms with Gasteiger partial charge in [-0.15, -0.1) is 0 Å². The molecule has 0 radical (unpaired) electrons. The van der Waals surface area contributed by atoms with Crippen molar-refractivity contribution in [3.8, 4) is 0 Å². The first-order valence-electron chi connectivity index (χ1n) is 3.77. The van der Waals surface area contributed by atoms with Crippen LogP contribution in [0, 0.1) is 0 Å². The fraction of sp³-hybridized carbons (Fsp3) is 0.833. The topological polar surface area (TPSA) is 89.3 Å².